The van der Waals surface area contributed by atoms with Crippen molar-refractivity contribution < 1.29 is 36.3 Å². The SMILES string of the molecule is COc1cnc(C(F)F)c([N+](=O)[O-])c1OC(F)(F)F. The van der Waals surface area contributed by atoms with Crippen LogP contribution in [-0.2, 0) is 0 Å². The van der Waals surface area contributed by atoms with Crippen molar-refractivity contribution in [2.24, 2.45) is 0 Å². The van der Waals surface area contributed by atoms with E-state index in [-0.39, 0.29) is 0 Å². The van der Waals surface area contributed by atoms with Gasteiger partial charge in [-0.1, -0.05) is 0 Å². The van der Waals surface area contributed by atoms with Gasteiger partial charge < -0.3 is 9.47 Å². The van der Waals surface area contributed by atoms with Gasteiger partial charge in [0.2, 0.25) is 0 Å². The summed E-state index contributed by atoms with van der Waals surface area (Å²) in [5.74, 6) is -2.25. The largest absolute Gasteiger partial charge is 0.573 e. The smallest absolute Gasteiger partial charge is 0.491 e. The third-order valence-corrected chi connectivity index (χ3v) is 1.83. The Morgan fingerprint density at radius 3 is 2.37 bits per heavy atom. The van der Waals surface area contributed by atoms with Crippen LogP contribution >= 0.6 is 0 Å². The van der Waals surface area contributed by atoms with Crippen LogP contribution in [0.3, 0.4) is 0 Å². The molecule has 0 N–H and O–H groups in total. The van der Waals surface area contributed by atoms with E-state index >= 15 is 0 Å². The van der Waals surface area contributed by atoms with Gasteiger partial charge in [0.25, 0.3) is 12.2 Å². The second kappa shape index (κ2) is 5.20. The molecule has 6 nitrogen and oxygen atoms in total. The van der Waals surface area contributed by atoms with Crippen LogP contribution in [0.25, 0.3) is 0 Å². The molecule has 0 radical (unpaired) electrons. The minimum absolute atomic E-state index is 0.482. The molecule has 1 rings (SSSR count). The molecule has 1 aromatic rings. The molecular weight excluding hydrogens is 283 g/mol. The Hall–Kier alpha value is -2.20. The van der Waals surface area contributed by atoms with Crippen molar-refractivity contribution in [2.45, 2.75) is 12.8 Å². The van der Waals surface area contributed by atoms with Gasteiger partial charge in [-0.3, -0.25) is 10.1 Å². The van der Waals surface area contributed by atoms with Gasteiger partial charge in [-0.15, -0.1) is 13.2 Å². The number of nitrogens with zero attached hydrogens (tertiary/aromatic N) is 2. The van der Waals surface area contributed by atoms with Gasteiger partial charge in [0.1, 0.15) is 0 Å². The van der Waals surface area contributed by atoms with Gasteiger partial charge in [0.05, 0.1) is 18.2 Å². The Balaban J connectivity index is 3.53. The Morgan fingerprint density at radius 1 is 1.42 bits per heavy atom. The Morgan fingerprint density at radius 2 is 2.00 bits per heavy atom. The summed E-state index contributed by atoms with van der Waals surface area (Å²) in [5, 5.41) is 10.6. The van der Waals surface area contributed by atoms with Gasteiger partial charge in [-0.25, -0.2) is 13.8 Å². The highest BCUT2D eigenvalue weighted by Crippen LogP contribution is 2.43. The summed E-state index contributed by atoms with van der Waals surface area (Å²) < 4.78 is 69.1. The number of nitro groups is 1. The van der Waals surface area contributed by atoms with Crippen LogP contribution in [0, 0.1) is 10.1 Å². The summed E-state index contributed by atoms with van der Waals surface area (Å²) in [6, 6.07) is 0. The Kier molecular flexibility index (Phi) is 4.07. The molecule has 0 atom stereocenters. The topological polar surface area (TPSA) is 74.5 Å². The zero-order chi connectivity index (χ0) is 14.8. The molecule has 0 spiro atoms. The molecule has 0 aliphatic carbocycles. The first-order valence-electron chi connectivity index (χ1n) is 4.42. The average molecular weight is 288 g/mol. The standard InChI is InChI=1S/C8H5F5N2O4/c1-18-3-2-14-4(7(9)10)5(15(16)17)6(3)19-8(11,12)13/h2,7H,1H3. The van der Waals surface area contributed by atoms with Crippen molar-refractivity contribution >= 4 is 5.69 Å². The van der Waals surface area contributed by atoms with Crippen molar-refractivity contribution in [1.82, 2.24) is 4.98 Å². The zero-order valence-corrected chi connectivity index (χ0v) is 9.07. The second-order valence-electron chi connectivity index (χ2n) is 3.00. The maximum Gasteiger partial charge on any atom is 0.573 e. The number of hydrogen-bond donors (Lipinski definition) is 0. The average Bonchev–Trinajstić information content (AvgIpc) is 2.25. The molecule has 0 aromatic carbocycles. The third-order valence-electron chi connectivity index (χ3n) is 1.83. The summed E-state index contributed by atoms with van der Waals surface area (Å²) >= 11 is 0. The van der Waals surface area contributed by atoms with E-state index in [0.717, 1.165) is 7.11 Å². The van der Waals surface area contributed by atoms with Crippen molar-refractivity contribution in [3.63, 3.8) is 0 Å². The highest BCUT2D eigenvalue weighted by molar-refractivity contribution is 5.57. The van der Waals surface area contributed by atoms with E-state index in [2.05, 4.69) is 14.5 Å². The third kappa shape index (κ3) is 3.39. The molecule has 0 aliphatic heterocycles. The fourth-order valence-corrected chi connectivity index (χ4v) is 1.18. The first-order chi connectivity index (χ1) is 8.67. The fraction of sp³-hybridized carbons (Fsp3) is 0.375. The van der Waals surface area contributed by atoms with E-state index in [0.29, 0.717) is 6.20 Å². The molecule has 11 heteroatoms. The predicted molar refractivity (Wildman–Crippen MR) is 49.1 cm³/mol. The molecule has 0 bridgehead atoms. The molecular formula is C8H5F5N2O4. The number of aromatic nitrogens is 1. The summed E-state index contributed by atoms with van der Waals surface area (Å²) in [7, 11) is 0.881. The van der Waals surface area contributed by atoms with E-state index in [1.165, 1.54) is 0 Å². The predicted octanol–water partition coefficient (Wildman–Crippen LogP) is 2.83. The van der Waals surface area contributed by atoms with Crippen LogP contribution in [0.2, 0.25) is 0 Å². The Bertz CT molecular complexity index is 491. The van der Waals surface area contributed by atoms with Crippen LogP contribution in [0.5, 0.6) is 11.5 Å². The number of rotatable bonds is 4. The summed E-state index contributed by atoms with van der Waals surface area (Å²) in [4.78, 5) is 12.2. The molecule has 19 heavy (non-hydrogen) atoms. The summed E-state index contributed by atoms with van der Waals surface area (Å²) in [6.07, 6.45) is -8.27. The normalized spacial score (nSPS) is 11.5. The molecule has 1 heterocycles. The van der Waals surface area contributed by atoms with Gasteiger partial charge in [-0.2, -0.15) is 0 Å². The van der Waals surface area contributed by atoms with Crippen molar-refractivity contribution in [3.8, 4) is 11.5 Å². The lowest BCUT2D eigenvalue weighted by molar-refractivity contribution is -0.390. The lowest BCUT2D eigenvalue weighted by Gasteiger charge is -2.13. The minimum atomic E-state index is -5.31. The fourth-order valence-electron chi connectivity index (χ4n) is 1.18. The maximum absolute atomic E-state index is 12.5. The van der Waals surface area contributed by atoms with Crippen molar-refractivity contribution in [1.29, 1.82) is 0 Å². The van der Waals surface area contributed by atoms with Gasteiger partial charge >= 0.3 is 12.0 Å². The Labute approximate surface area is 101 Å². The quantitative estimate of drug-likeness (QED) is 0.484. The first-order valence-corrected chi connectivity index (χ1v) is 4.42. The molecule has 0 fully saturated rings. The van der Waals surface area contributed by atoms with E-state index in [1.807, 2.05) is 0 Å². The van der Waals surface area contributed by atoms with Crippen LogP contribution in [-0.4, -0.2) is 23.4 Å². The van der Waals surface area contributed by atoms with Gasteiger partial charge in [0, 0.05) is 0 Å². The maximum atomic E-state index is 12.5. The summed E-state index contributed by atoms with van der Waals surface area (Å²) in [6.45, 7) is 0. The molecule has 0 unspecified atom stereocenters. The van der Waals surface area contributed by atoms with E-state index in [1.54, 1.807) is 0 Å². The van der Waals surface area contributed by atoms with Crippen LogP contribution in [0.1, 0.15) is 12.1 Å². The summed E-state index contributed by atoms with van der Waals surface area (Å²) in [5.41, 5.74) is -3.03. The van der Waals surface area contributed by atoms with Crippen LogP contribution in [0.15, 0.2) is 6.20 Å². The van der Waals surface area contributed by atoms with E-state index < -0.39 is 40.6 Å². The molecule has 1 aromatic heterocycles. The molecule has 106 valence electrons. The van der Waals surface area contributed by atoms with Crippen LogP contribution < -0.4 is 9.47 Å². The zero-order valence-electron chi connectivity index (χ0n) is 9.07. The van der Waals surface area contributed by atoms with Crippen molar-refractivity contribution in [2.75, 3.05) is 7.11 Å². The molecule has 0 saturated heterocycles. The molecule has 0 saturated carbocycles. The second-order valence-corrected chi connectivity index (χ2v) is 3.00. The molecule has 0 amide bonds. The molecule has 0 aliphatic rings. The van der Waals surface area contributed by atoms with Crippen molar-refractivity contribution in [3.05, 3.63) is 22.0 Å². The minimum Gasteiger partial charge on any atom is -0.491 e. The van der Waals surface area contributed by atoms with Gasteiger partial charge in [0.15, 0.2) is 11.4 Å². The van der Waals surface area contributed by atoms with E-state index in [4.69, 9.17) is 0 Å². The van der Waals surface area contributed by atoms with Crippen LogP contribution in [0.4, 0.5) is 27.6 Å². The first kappa shape index (κ1) is 14.9. The lowest BCUT2D eigenvalue weighted by atomic mass is 10.2. The lowest BCUT2D eigenvalue weighted by Crippen LogP contribution is -2.19. The monoisotopic (exact) mass is 288 g/mol. The number of ether oxygens (including phenoxy) is 2. The van der Waals surface area contributed by atoms with Gasteiger partial charge in [-0.05, 0) is 0 Å². The highest BCUT2D eigenvalue weighted by atomic mass is 19.4. The number of alkyl halides is 5. The highest BCUT2D eigenvalue weighted by Gasteiger charge is 2.40. The number of hydrogen-bond acceptors (Lipinski definition) is 5. The number of halogens is 5. The van der Waals surface area contributed by atoms with E-state index in [9.17, 15) is 32.1 Å². The number of methoxy groups -OCH3 is 1. The number of pyridine rings is 1.